The number of aromatic nitrogens is 2. The molecule has 1 heterocycles. The highest BCUT2D eigenvalue weighted by Crippen LogP contribution is 2.04. The second-order valence-electron chi connectivity index (χ2n) is 4.37. The second-order valence-corrected chi connectivity index (χ2v) is 4.37. The van der Waals surface area contributed by atoms with Gasteiger partial charge in [0.05, 0.1) is 13.2 Å². The molecule has 104 valence electrons. The van der Waals surface area contributed by atoms with Crippen molar-refractivity contribution >= 4 is 0 Å². The van der Waals surface area contributed by atoms with Crippen molar-refractivity contribution in [3.05, 3.63) is 18.2 Å². The summed E-state index contributed by atoms with van der Waals surface area (Å²) in [7, 11) is 1.68. The Morgan fingerprint density at radius 1 is 1.39 bits per heavy atom. The Bertz CT molecular complexity index is 315. The minimum absolute atomic E-state index is 0.198. The van der Waals surface area contributed by atoms with Gasteiger partial charge in [0, 0.05) is 45.1 Å². The Balaban J connectivity index is 2.23. The van der Waals surface area contributed by atoms with E-state index >= 15 is 0 Å². The maximum atomic E-state index is 5.95. The smallest absolute Gasteiger partial charge is 0.110 e. The molecule has 0 saturated carbocycles. The third-order valence-electron chi connectivity index (χ3n) is 2.89. The molecule has 0 aromatic carbocycles. The Kier molecular flexibility index (Phi) is 7.64. The van der Waals surface area contributed by atoms with Crippen molar-refractivity contribution in [1.82, 2.24) is 9.55 Å². The fourth-order valence-corrected chi connectivity index (χ4v) is 1.69. The molecule has 1 unspecified atom stereocenters. The van der Waals surface area contributed by atoms with Gasteiger partial charge >= 0.3 is 0 Å². The SMILES string of the molecule is CCC(N)Cc1nccn1CCCOCCOC. The van der Waals surface area contributed by atoms with E-state index in [0.717, 1.165) is 38.2 Å². The molecule has 0 saturated heterocycles. The molecule has 1 aromatic heterocycles. The summed E-state index contributed by atoms with van der Waals surface area (Å²) >= 11 is 0. The van der Waals surface area contributed by atoms with Gasteiger partial charge in [-0.3, -0.25) is 0 Å². The van der Waals surface area contributed by atoms with Gasteiger partial charge in [0.25, 0.3) is 0 Å². The number of aryl methyl sites for hydroxylation is 1. The molecule has 0 aliphatic rings. The quantitative estimate of drug-likeness (QED) is 0.638. The van der Waals surface area contributed by atoms with Crippen molar-refractivity contribution in [2.24, 2.45) is 5.73 Å². The normalized spacial score (nSPS) is 12.8. The number of ether oxygens (including phenoxy) is 2. The predicted octanol–water partition coefficient (Wildman–Crippen LogP) is 1.22. The molecule has 0 aliphatic heterocycles. The molecule has 0 aliphatic carbocycles. The predicted molar refractivity (Wildman–Crippen MR) is 71.5 cm³/mol. The fourth-order valence-electron chi connectivity index (χ4n) is 1.69. The first kappa shape index (κ1) is 15.1. The highest BCUT2D eigenvalue weighted by atomic mass is 16.5. The largest absolute Gasteiger partial charge is 0.382 e. The summed E-state index contributed by atoms with van der Waals surface area (Å²) < 4.78 is 12.5. The Morgan fingerprint density at radius 3 is 2.94 bits per heavy atom. The van der Waals surface area contributed by atoms with Gasteiger partial charge in [-0.15, -0.1) is 0 Å². The highest BCUT2D eigenvalue weighted by Gasteiger charge is 2.07. The molecule has 18 heavy (non-hydrogen) atoms. The number of rotatable bonds is 10. The van der Waals surface area contributed by atoms with Gasteiger partial charge in [0.2, 0.25) is 0 Å². The minimum atomic E-state index is 0.198. The third kappa shape index (κ3) is 5.62. The number of nitrogens with zero attached hydrogens (tertiary/aromatic N) is 2. The van der Waals surface area contributed by atoms with Gasteiger partial charge in [-0.05, 0) is 12.8 Å². The highest BCUT2D eigenvalue weighted by molar-refractivity contribution is 4.94. The van der Waals surface area contributed by atoms with Crippen LogP contribution < -0.4 is 5.73 Å². The van der Waals surface area contributed by atoms with Gasteiger partial charge in [-0.2, -0.15) is 0 Å². The van der Waals surface area contributed by atoms with E-state index in [4.69, 9.17) is 15.2 Å². The van der Waals surface area contributed by atoms with Crippen LogP contribution in [0.15, 0.2) is 12.4 Å². The Labute approximate surface area is 109 Å². The summed E-state index contributed by atoms with van der Waals surface area (Å²) in [6, 6.07) is 0.198. The Hall–Kier alpha value is -0.910. The number of hydrogen-bond acceptors (Lipinski definition) is 4. The van der Waals surface area contributed by atoms with Crippen LogP contribution in [0.5, 0.6) is 0 Å². The van der Waals surface area contributed by atoms with Gasteiger partial charge < -0.3 is 19.8 Å². The molecule has 1 atom stereocenters. The Morgan fingerprint density at radius 2 is 2.22 bits per heavy atom. The van der Waals surface area contributed by atoms with Gasteiger partial charge in [-0.1, -0.05) is 6.92 Å². The van der Waals surface area contributed by atoms with Crippen molar-refractivity contribution in [2.45, 2.75) is 38.8 Å². The first-order valence-corrected chi connectivity index (χ1v) is 6.60. The van der Waals surface area contributed by atoms with Crippen molar-refractivity contribution in [3.8, 4) is 0 Å². The van der Waals surface area contributed by atoms with E-state index in [2.05, 4.69) is 16.5 Å². The molecular formula is C13H25N3O2. The van der Waals surface area contributed by atoms with E-state index in [1.165, 1.54) is 0 Å². The lowest BCUT2D eigenvalue weighted by Crippen LogP contribution is -2.23. The molecule has 0 spiro atoms. The van der Waals surface area contributed by atoms with Crippen molar-refractivity contribution in [3.63, 3.8) is 0 Å². The van der Waals surface area contributed by atoms with E-state index in [1.54, 1.807) is 7.11 Å². The fraction of sp³-hybridized carbons (Fsp3) is 0.769. The van der Waals surface area contributed by atoms with Crippen LogP contribution in [-0.4, -0.2) is 42.5 Å². The van der Waals surface area contributed by atoms with Crippen LogP contribution in [-0.2, 0) is 22.4 Å². The summed E-state index contributed by atoms with van der Waals surface area (Å²) in [5.74, 6) is 1.07. The zero-order chi connectivity index (χ0) is 13.2. The molecule has 0 fully saturated rings. The van der Waals surface area contributed by atoms with Crippen molar-refractivity contribution < 1.29 is 9.47 Å². The average Bonchev–Trinajstić information content (AvgIpc) is 2.81. The van der Waals surface area contributed by atoms with E-state index in [0.29, 0.717) is 13.2 Å². The van der Waals surface area contributed by atoms with Crippen LogP contribution in [0.25, 0.3) is 0 Å². The standard InChI is InChI=1S/C13H25N3O2/c1-3-12(14)11-13-15-5-7-16(13)6-4-8-18-10-9-17-2/h5,7,12H,3-4,6,8-11,14H2,1-2H3. The molecule has 0 amide bonds. The number of hydrogen-bond donors (Lipinski definition) is 1. The van der Waals surface area contributed by atoms with Gasteiger partial charge in [-0.25, -0.2) is 4.98 Å². The van der Waals surface area contributed by atoms with Crippen molar-refractivity contribution in [1.29, 1.82) is 0 Å². The first-order valence-electron chi connectivity index (χ1n) is 6.60. The lowest BCUT2D eigenvalue weighted by molar-refractivity contribution is 0.0679. The number of nitrogens with two attached hydrogens (primary N) is 1. The second kappa shape index (κ2) is 9.08. The van der Waals surface area contributed by atoms with Crippen LogP contribution in [0.3, 0.4) is 0 Å². The van der Waals surface area contributed by atoms with Crippen LogP contribution >= 0.6 is 0 Å². The molecule has 0 radical (unpaired) electrons. The maximum Gasteiger partial charge on any atom is 0.110 e. The topological polar surface area (TPSA) is 62.3 Å². The first-order chi connectivity index (χ1) is 8.77. The van der Waals surface area contributed by atoms with E-state index in [-0.39, 0.29) is 6.04 Å². The average molecular weight is 255 g/mol. The summed E-state index contributed by atoms with van der Waals surface area (Å²) in [5, 5.41) is 0. The zero-order valence-corrected chi connectivity index (χ0v) is 11.5. The number of imidazole rings is 1. The van der Waals surface area contributed by atoms with Crippen LogP contribution in [0, 0.1) is 0 Å². The van der Waals surface area contributed by atoms with E-state index < -0.39 is 0 Å². The molecule has 1 aromatic rings. The lowest BCUT2D eigenvalue weighted by atomic mass is 10.1. The summed E-state index contributed by atoms with van der Waals surface area (Å²) in [6.07, 6.45) is 6.64. The van der Waals surface area contributed by atoms with Crippen LogP contribution in [0.1, 0.15) is 25.6 Å². The molecular weight excluding hydrogens is 230 g/mol. The summed E-state index contributed by atoms with van der Waals surface area (Å²) in [5.41, 5.74) is 5.95. The molecule has 1 rings (SSSR count). The molecule has 0 bridgehead atoms. The molecule has 5 heteroatoms. The molecule has 5 nitrogen and oxygen atoms in total. The minimum Gasteiger partial charge on any atom is -0.382 e. The third-order valence-corrected chi connectivity index (χ3v) is 2.89. The monoisotopic (exact) mass is 255 g/mol. The maximum absolute atomic E-state index is 5.95. The molecule has 2 N–H and O–H groups in total. The van der Waals surface area contributed by atoms with E-state index in [1.807, 2.05) is 12.4 Å². The summed E-state index contributed by atoms with van der Waals surface area (Å²) in [4.78, 5) is 4.35. The summed E-state index contributed by atoms with van der Waals surface area (Å²) in [6.45, 7) is 5.09. The van der Waals surface area contributed by atoms with Gasteiger partial charge in [0.1, 0.15) is 5.82 Å². The van der Waals surface area contributed by atoms with Crippen LogP contribution in [0.4, 0.5) is 0 Å². The van der Waals surface area contributed by atoms with Crippen LogP contribution in [0.2, 0.25) is 0 Å². The van der Waals surface area contributed by atoms with Crippen molar-refractivity contribution in [2.75, 3.05) is 26.9 Å². The lowest BCUT2D eigenvalue weighted by Gasteiger charge is -2.11. The van der Waals surface area contributed by atoms with E-state index in [9.17, 15) is 0 Å². The zero-order valence-electron chi connectivity index (χ0n) is 11.5. The number of methoxy groups -OCH3 is 1. The van der Waals surface area contributed by atoms with Gasteiger partial charge in [0.15, 0.2) is 0 Å².